The predicted octanol–water partition coefficient (Wildman–Crippen LogP) is 2.44. The molecule has 3 nitrogen and oxygen atoms in total. The highest BCUT2D eigenvalue weighted by Crippen LogP contribution is 2.37. The summed E-state index contributed by atoms with van der Waals surface area (Å²) in [6.45, 7) is 0. The molecule has 1 aromatic heterocycles. The van der Waals surface area contributed by atoms with Gasteiger partial charge in [0.05, 0.1) is 0 Å². The monoisotopic (exact) mass is 250 g/mol. The highest BCUT2D eigenvalue weighted by molar-refractivity contribution is 7.88. The molecular weight excluding hydrogens is 250 g/mol. The van der Waals surface area contributed by atoms with E-state index in [1.54, 1.807) is 0 Å². The highest BCUT2D eigenvalue weighted by Gasteiger charge is 2.23. The molecule has 0 fully saturated rings. The Labute approximate surface area is 81.5 Å². The Kier molecular flexibility index (Phi) is 2.65. The van der Waals surface area contributed by atoms with Crippen LogP contribution in [-0.2, 0) is 10.1 Å². The lowest BCUT2D eigenvalue weighted by molar-refractivity contribution is 0.485. The molecule has 0 amide bonds. The van der Waals surface area contributed by atoms with E-state index in [0.29, 0.717) is 11.3 Å². The third kappa shape index (κ3) is 1.72. The molecule has 0 atom stereocenters. The summed E-state index contributed by atoms with van der Waals surface area (Å²) in [5, 5.41) is -0.674. The maximum atomic E-state index is 12.7. The van der Waals surface area contributed by atoms with Crippen LogP contribution in [-0.4, -0.2) is 13.0 Å². The summed E-state index contributed by atoms with van der Waals surface area (Å²) in [6.07, 6.45) is 0. The zero-order valence-corrected chi connectivity index (χ0v) is 8.36. The van der Waals surface area contributed by atoms with Gasteiger partial charge in [0.2, 0.25) is 0 Å². The molecular formula is C4HCl2FO3S2. The van der Waals surface area contributed by atoms with Crippen LogP contribution in [0.25, 0.3) is 0 Å². The molecule has 1 rings (SSSR count). The Morgan fingerprint density at radius 2 is 1.92 bits per heavy atom. The van der Waals surface area contributed by atoms with Crippen LogP contribution in [0, 0.1) is 5.82 Å². The number of rotatable bonds is 1. The molecule has 1 aromatic rings. The molecule has 0 radical (unpaired) electrons. The molecule has 1 heterocycles. The van der Waals surface area contributed by atoms with Gasteiger partial charge in [0.1, 0.15) is 9.36 Å². The van der Waals surface area contributed by atoms with E-state index in [0.717, 1.165) is 0 Å². The van der Waals surface area contributed by atoms with E-state index >= 15 is 0 Å². The standard InChI is InChI=1S/C4HCl2FO3S2/c5-1-2(7)3(6)11-4(1)12(8,9)10/h(H,8,9,10). The fourth-order valence-electron chi connectivity index (χ4n) is 0.513. The molecule has 0 saturated heterocycles. The Morgan fingerprint density at radius 1 is 1.42 bits per heavy atom. The van der Waals surface area contributed by atoms with Crippen LogP contribution in [0.3, 0.4) is 0 Å². The van der Waals surface area contributed by atoms with Crippen LogP contribution < -0.4 is 0 Å². The van der Waals surface area contributed by atoms with Crippen molar-refractivity contribution in [2.45, 2.75) is 4.21 Å². The molecule has 0 aliphatic rings. The first-order valence-corrected chi connectivity index (χ1v) is 5.46. The number of hydrogen-bond acceptors (Lipinski definition) is 3. The van der Waals surface area contributed by atoms with Crippen molar-refractivity contribution in [1.29, 1.82) is 0 Å². The summed E-state index contributed by atoms with van der Waals surface area (Å²) in [5.41, 5.74) is 0. The lowest BCUT2D eigenvalue weighted by atomic mass is 10.6. The average molecular weight is 251 g/mol. The fourth-order valence-corrected chi connectivity index (χ4v) is 3.10. The van der Waals surface area contributed by atoms with Gasteiger partial charge >= 0.3 is 10.1 Å². The summed E-state index contributed by atoms with van der Waals surface area (Å²) in [7, 11) is -4.47. The topological polar surface area (TPSA) is 54.4 Å². The largest absolute Gasteiger partial charge is 0.305 e. The van der Waals surface area contributed by atoms with Crippen molar-refractivity contribution in [1.82, 2.24) is 0 Å². The molecule has 0 bridgehead atoms. The highest BCUT2D eigenvalue weighted by atomic mass is 35.5. The third-order valence-corrected chi connectivity index (χ3v) is 4.24. The van der Waals surface area contributed by atoms with Gasteiger partial charge in [0, 0.05) is 0 Å². The quantitative estimate of drug-likeness (QED) is 0.780. The summed E-state index contributed by atoms with van der Waals surface area (Å²) < 4.78 is 41.0. The van der Waals surface area contributed by atoms with Gasteiger partial charge in [-0.15, -0.1) is 11.3 Å². The number of hydrogen-bond donors (Lipinski definition) is 1. The van der Waals surface area contributed by atoms with E-state index in [-0.39, 0.29) is 0 Å². The van der Waals surface area contributed by atoms with Crippen molar-refractivity contribution in [2.75, 3.05) is 0 Å². The molecule has 68 valence electrons. The Morgan fingerprint density at radius 3 is 2.08 bits per heavy atom. The third-order valence-electron chi connectivity index (χ3n) is 0.961. The molecule has 8 heteroatoms. The van der Waals surface area contributed by atoms with Crippen LogP contribution in [0.15, 0.2) is 4.21 Å². The Hall–Kier alpha value is 0.120. The number of halogens is 3. The maximum absolute atomic E-state index is 12.7. The predicted molar refractivity (Wildman–Crippen MR) is 44.1 cm³/mol. The maximum Gasteiger partial charge on any atom is 0.305 e. The van der Waals surface area contributed by atoms with E-state index in [4.69, 9.17) is 27.8 Å². The molecule has 0 aromatic carbocycles. The second-order valence-electron chi connectivity index (χ2n) is 1.77. The van der Waals surface area contributed by atoms with Crippen LogP contribution >= 0.6 is 34.5 Å². The minimum atomic E-state index is -4.47. The van der Waals surface area contributed by atoms with Crippen LogP contribution in [0.2, 0.25) is 9.36 Å². The molecule has 12 heavy (non-hydrogen) atoms. The molecule has 0 aliphatic heterocycles. The van der Waals surface area contributed by atoms with Gasteiger partial charge in [-0.2, -0.15) is 8.42 Å². The Bertz CT molecular complexity index is 410. The first kappa shape index (κ1) is 10.2. The van der Waals surface area contributed by atoms with Crippen molar-refractivity contribution >= 4 is 44.7 Å². The second kappa shape index (κ2) is 3.12. The smallest absolute Gasteiger partial charge is 0.281 e. The van der Waals surface area contributed by atoms with Crippen LogP contribution in [0.5, 0.6) is 0 Å². The molecule has 0 spiro atoms. The summed E-state index contributed by atoms with van der Waals surface area (Å²) >= 11 is 10.8. The molecule has 0 unspecified atom stereocenters. The first-order chi connectivity index (χ1) is 5.34. The van der Waals surface area contributed by atoms with E-state index in [1.165, 1.54) is 0 Å². The zero-order valence-electron chi connectivity index (χ0n) is 5.21. The molecule has 0 saturated carbocycles. The Balaban J connectivity index is 3.48. The van der Waals surface area contributed by atoms with Crippen molar-refractivity contribution < 1.29 is 17.4 Å². The van der Waals surface area contributed by atoms with Crippen LogP contribution in [0.1, 0.15) is 0 Å². The average Bonchev–Trinajstić information content (AvgIpc) is 2.15. The van der Waals surface area contributed by atoms with Gasteiger partial charge in [-0.3, -0.25) is 4.55 Å². The summed E-state index contributed by atoms with van der Waals surface area (Å²) in [6, 6.07) is 0. The lowest BCUT2D eigenvalue weighted by Gasteiger charge is -1.89. The van der Waals surface area contributed by atoms with Gasteiger partial charge in [-0.1, -0.05) is 23.2 Å². The molecule has 0 aliphatic carbocycles. The lowest BCUT2D eigenvalue weighted by Crippen LogP contribution is -1.94. The van der Waals surface area contributed by atoms with Gasteiger partial charge in [-0.25, -0.2) is 4.39 Å². The van der Waals surface area contributed by atoms with Crippen molar-refractivity contribution in [2.24, 2.45) is 0 Å². The van der Waals surface area contributed by atoms with E-state index in [2.05, 4.69) is 0 Å². The van der Waals surface area contributed by atoms with E-state index < -0.39 is 29.5 Å². The van der Waals surface area contributed by atoms with Gasteiger partial charge < -0.3 is 0 Å². The van der Waals surface area contributed by atoms with Gasteiger partial charge in [0.15, 0.2) is 10.0 Å². The molecule has 1 N–H and O–H groups in total. The van der Waals surface area contributed by atoms with Crippen molar-refractivity contribution in [3.05, 3.63) is 15.2 Å². The van der Waals surface area contributed by atoms with Gasteiger partial charge in [-0.05, 0) is 0 Å². The summed E-state index contributed by atoms with van der Waals surface area (Å²) in [4.78, 5) is 0. The zero-order chi connectivity index (χ0) is 9.52. The SMILES string of the molecule is O=S(=O)(O)c1sc(Cl)c(F)c1Cl. The van der Waals surface area contributed by atoms with Crippen molar-refractivity contribution in [3.8, 4) is 0 Å². The van der Waals surface area contributed by atoms with Gasteiger partial charge in [0.25, 0.3) is 0 Å². The van der Waals surface area contributed by atoms with E-state index in [9.17, 15) is 12.8 Å². The normalized spacial score (nSPS) is 12.0. The number of thiophene rings is 1. The van der Waals surface area contributed by atoms with Crippen molar-refractivity contribution in [3.63, 3.8) is 0 Å². The fraction of sp³-hybridized carbons (Fsp3) is 0. The van der Waals surface area contributed by atoms with Crippen LogP contribution in [0.4, 0.5) is 4.39 Å². The van der Waals surface area contributed by atoms with E-state index in [1.807, 2.05) is 0 Å². The first-order valence-electron chi connectivity index (χ1n) is 2.45. The minimum absolute atomic E-state index is 0.368. The summed E-state index contributed by atoms with van der Waals surface area (Å²) in [5.74, 6) is -1.03. The second-order valence-corrected chi connectivity index (χ2v) is 5.38. The minimum Gasteiger partial charge on any atom is -0.281 e.